The molecule has 22 heavy (non-hydrogen) atoms. The van der Waals surface area contributed by atoms with E-state index in [9.17, 15) is 4.79 Å². The number of thioether (sulfide) groups is 1. The normalized spacial score (nSPS) is 11.0. The topological polar surface area (TPSA) is 89.6 Å². The summed E-state index contributed by atoms with van der Waals surface area (Å²) in [6.07, 6.45) is 1.60. The van der Waals surface area contributed by atoms with Gasteiger partial charge in [-0.2, -0.15) is 0 Å². The maximum Gasteiger partial charge on any atom is 0.210 e. The van der Waals surface area contributed by atoms with E-state index in [1.54, 1.807) is 10.9 Å². The van der Waals surface area contributed by atoms with Gasteiger partial charge in [-0.05, 0) is 42.5 Å². The van der Waals surface area contributed by atoms with Crippen LogP contribution in [0.4, 0.5) is 0 Å². The highest BCUT2D eigenvalue weighted by atomic mass is 32.2. The molecule has 0 aliphatic heterocycles. The third-order valence-electron chi connectivity index (χ3n) is 3.17. The number of tetrazole rings is 1. The van der Waals surface area contributed by atoms with Crippen molar-refractivity contribution < 1.29 is 9.21 Å². The highest BCUT2D eigenvalue weighted by Gasteiger charge is 2.15. The van der Waals surface area contributed by atoms with Gasteiger partial charge in [0.05, 0.1) is 12.0 Å². The number of nitrogens with zero attached hydrogens (tertiary/aromatic N) is 4. The third-order valence-corrected chi connectivity index (χ3v) is 4.12. The molecule has 3 rings (SSSR count). The minimum absolute atomic E-state index is 0.0550. The zero-order chi connectivity index (χ0) is 15.5. The van der Waals surface area contributed by atoms with E-state index in [1.165, 1.54) is 11.8 Å². The highest BCUT2D eigenvalue weighted by molar-refractivity contribution is 7.99. The minimum Gasteiger partial charge on any atom is -0.467 e. The summed E-state index contributed by atoms with van der Waals surface area (Å²) in [6.45, 7) is 4.27. The fourth-order valence-electron chi connectivity index (χ4n) is 2.17. The number of H-pyrrole nitrogens is 1. The van der Waals surface area contributed by atoms with Crippen LogP contribution in [-0.4, -0.2) is 36.7 Å². The van der Waals surface area contributed by atoms with Crippen LogP contribution >= 0.6 is 11.8 Å². The Bertz CT molecular complexity index is 775. The first-order chi connectivity index (χ1) is 10.6. The van der Waals surface area contributed by atoms with Crippen LogP contribution in [0.1, 0.15) is 27.5 Å². The molecule has 0 amide bonds. The second-order valence-corrected chi connectivity index (χ2v) is 5.84. The van der Waals surface area contributed by atoms with Gasteiger partial charge in [0.25, 0.3) is 0 Å². The van der Waals surface area contributed by atoms with Crippen molar-refractivity contribution in [1.82, 2.24) is 25.2 Å². The molecule has 0 spiro atoms. The standard InChI is InChI=1S/C14H15N5O2S/c1-9-6-12(10(2)15-9)13(20)8-22-14-16-17-18-19(14)7-11-4-3-5-21-11/h3-6,15H,7-8H2,1-2H3. The molecule has 0 saturated heterocycles. The van der Waals surface area contributed by atoms with Crippen LogP contribution in [0.5, 0.6) is 0 Å². The van der Waals surface area contributed by atoms with E-state index < -0.39 is 0 Å². The Morgan fingerprint density at radius 1 is 1.45 bits per heavy atom. The number of rotatable bonds is 6. The lowest BCUT2D eigenvalue weighted by Crippen LogP contribution is -2.07. The summed E-state index contributed by atoms with van der Waals surface area (Å²) < 4.78 is 6.90. The van der Waals surface area contributed by atoms with Gasteiger partial charge in [-0.15, -0.1) is 5.10 Å². The number of carbonyl (C=O) groups is 1. The van der Waals surface area contributed by atoms with Crippen LogP contribution < -0.4 is 0 Å². The largest absolute Gasteiger partial charge is 0.467 e. The van der Waals surface area contributed by atoms with Crippen molar-refractivity contribution in [1.29, 1.82) is 0 Å². The average Bonchev–Trinajstić information content (AvgIpc) is 3.19. The Morgan fingerprint density at radius 3 is 3.00 bits per heavy atom. The molecule has 0 fully saturated rings. The zero-order valence-electron chi connectivity index (χ0n) is 12.2. The van der Waals surface area contributed by atoms with Gasteiger partial charge in [0.2, 0.25) is 5.16 Å². The fourth-order valence-corrected chi connectivity index (χ4v) is 2.93. The van der Waals surface area contributed by atoms with Crippen molar-refractivity contribution in [2.24, 2.45) is 0 Å². The molecule has 114 valence electrons. The molecule has 3 heterocycles. The van der Waals surface area contributed by atoms with Gasteiger partial charge in [-0.1, -0.05) is 11.8 Å². The maximum absolute atomic E-state index is 12.3. The van der Waals surface area contributed by atoms with Crippen LogP contribution in [0.2, 0.25) is 0 Å². The maximum atomic E-state index is 12.3. The van der Waals surface area contributed by atoms with Gasteiger partial charge < -0.3 is 9.40 Å². The third kappa shape index (κ3) is 3.11. The Labute approximate surface area is 131 Å². The Kier molecular flexibility index (Phi) is 4.10. The number of hydrogen-bond acceptors (Lipinski definition) is 6. The number of furan rings is 1. The molecule has 8 heteroatoms. The lowest BCUT2D eigenvalue weighted by molar-refractivity contribution is 0.102. The molecule has 0 aliphatic rings. The average molecular weight is 317 g/mol. The van der Waals surface area contributed by atoms with Crippen molar-refractivity contribution in [3.05, 3.63) is 47.2 Å². The highest BCUT2D eigenvalue weighted by Crippen LogP contribution is 2.19. The summed E-state index contributed by atoms with van der Waals surface area (Å²) in [5.41, 5.74) is 2.59. The van der Waals surface area contributed by atoms with Crippen molar-refractivity contribution in [3.8, 4) is 0 Å². The van der Waals surface area contributed by atoms with Crippen molar-refractivity contribution in [2.45, 2.75) is 25.5 Å². The first kappa shape index (κ1) is 14.6. The summed E-state index contributed by atoms with van der Waals surface area (Å²) in [4.78, 5) is 15.4. The van der Waals surface area contributed by atoms with Crippen LogP contribution in [0, 0.1) is 13.8 Å². The van der Waals surface area contributed by atoms with E-state index in [1.807, 2.05) is 32.0 Å². The van der Waals surface area contributed by atoms with E-state index >= 15 is 0 Å². The molecule has 0 radical (unpaired) electrons. The number of ketones is 1. The summed E-state index contributed by atoms with van der Waals surface area (Å²) >= 11 is 1.32. The summed E-state index contributed by atoms with van der Waals surface area (Å²) in [5, 5.41) is 12.1. The molecule has 0 saturated carbocycles. The fraction of sp³-hybridized carbons (Fsp3) is 0.286. The Morgan fingerprint density at radius 2 is 2.32 bits per heavy atom. The number of Topliss-reactive ketones (excluding diaryl/α,β-unsaturated/α-hetero) is 1. The van der Waals surface area contributed by atoms with Gasteiger partial charge in [0.1, 0.15) is 12.3 Å². The monoisotopic (exact) mass is 317 g/mol. The van der Waals surface area contributed by atoms with E-state index in [0.717, 1.165) is 22.7 Å². The first-order valence-corrected chi connectivity index (χ1v) is 7.73. The molecule has 0 aromatic carbocycles. The van der Waals surface area contributed by atoms with Gasteiger partial charge in [0.15, 0.2) is 5.78 Å². The second kappa shape index (κ2) is 6.18. The van der Waals surface area contributed by atoms with Gasteiger partial charge in [-0.3, -0.25) is 4.79 Å². The lowest BCUT2D eigenvalue weighted by atomic mass is 10.2. The van der Waals surface area contributed by atoms with Crippen LogP contribution in [-0.2, 0) is 6.54 Å². The van der Waals surface area contributed by atoms with E-state index in [-0.39, 0.29) is 11.5 Å². The van der Waals surface area contributed by atoms with Crippen LogP contribution in [0.3, 0.4) is 0 Å². The second-order valence-electron chi connectivity index (χ2n) is 4.90. The van der Waals surface area contributed by atoms with Gasteiger partial charge in [0, 0.05) is 17.0 Å². The Hall–Kier alpha value is -2.35. The number of aromatic nitrogens is 5. The number of hydrogen-bond donors (Lipinski definition) is 1. The number of aryl methyl sites for hydroxylation is 2. The molecular weight excluding hydrogens is 302 g/mol. The van der Waals surface area contributed by atoms with Crippen molar-refractivity contribution in [3.63, 3.8) is 0 Å². The molecular formula is C14H15N5O2S. The molecule has 0 atom stereocenters. The zero-order valence-corrected chi connectivity index (χ0v) is 13.1. The molecule has 3 aromatic heterocycles. The van der Waals surface area contributed by atoms with Crippen LogP contribution in [0.15, 0.2) is 34.0 Å². The molecule has 7 nitrogen and oxygen atoms in total. The molecule has 3 aromatic rings. The molecule has 0 aliphatic carbocycles. The SMILES string of the molecule is Cc1cc(C(=O)CSc2nnnn2Cc2ccco2)c(C)[nH]1. The van der Waals surface area contributed by atoms with Crippen molar-refractivity contribution in [2.75, 3.05) is 5.75 Å². The quantitative estimate of drug-likeness (QED) is 0.554. The van der Waals surface area contributed by atoms with Gasteiger partial charge in [-0.25, -0.2) is 4.68 Å². The van der Waals surface area contributed by atoms with E-state index in [4.69, 9.17) is 4.42 Å². The molecule has 0 bridgehead atoms. The minimum atomic E-state index is 0.0550. The first-order valence-electron chi connectivity index (χ1n) is 6.74. The van der Waals surface area contributed by atoms with Gasteiger partial charge >= 0.3 is 0 Å². The summed E-state index contributed by atoms with van der Waals surface area (Å²) in [6, 6.07) is 5.53. The van der Waals surface area contributed by atoms with Crippen LogP contribution in [0.25, 0.3) is 0 Å². The Balaban J connectivity index is 1.66. The number of carbonyl (C=O) groups excluding carboxylic acids is 1. The smallest absolute Gasteiger partial charge is 0.210 e. The van der Waals surface area contributed by atoms with Crippen molar-refractivity contribution >= 4 is 17.5 Å². The summed E-state index contributed by atoms with van der Waals surface area (Å²) in [7, 11) is 0. The number of nitrogens with one attached hydrogen (secondary N) is 1. The molecule has 1 N–H and O–H groups in total. The predicted molar refractivity (Wildman–Crippen MR) is 80.9 cm³/mol. The lowest BCUT2D eigenvalue weighted by Gasteiger charge is -2.02. The van der Waals surface area contributed by atoms with E-state index in [2.05, 4.69) is 20.5 Å². The van der Waals surface area contributed by atoms with E-state index in [0.29, 0.717) is 11.7 Å². The summed E-state index contributed by atoms with van der Waals surface area (Å²) in [5.74, 6) is 1.11. The number of aromatic amines is 1. The predicted octanol–water partition coefficient (Wildman–Crippen LogP) is 2.23. The molecule has 0 unspecified atom stereocenters.